The summed E-state index contributed by atoms with van der Waals surface area (Å²) < 4.78 is 4.91. The first-order valence-corrected chi connectivity index (χ1v) is 6.66. The number of anilines is 1. The van der Waals surface area contributed by atoms with Gasteiger partial charge in [0.1, 0.15) is 5.76 Å². The molecule has 0 radical (unpaired) electrons. The van der Waals surface area contributed by atoms with E-state index >= 15 is 0 Å². The molecule has 19 heavy (non-hydrogen) atoms. The maximum atomic E-state index is 11.8. The molecule has 0 aliphatic carbocycles. The molecule has 0 aromatic carbocycles. The van der Waals surface area contributed by atoms with Crippen molar-refractivity contribution < 1.29 is 9.32 Å². The van der Waals surface area contributed by atoms with E-state index in [2.05, 4.69) is 34.5 Å². The lowest BCUT2D eigenvalue weighted by Gasteiger charge is -2.42. The minimum atomic E-state index is -0.0253. The molecular weight excluding hydrogens is 244 g/mol. The van der Waals surface area contributed by atoms with Gasteiger partial charge in [-0.05, 0) is 20.8 Å². The van der Waals surface area contributed by atoms with Gasteiger partial charge in [0.2, 0.25) is 5.91 Å². The summed E-state index contributed by atoms with van der Waals surface area (Å²) in [5.74, 6) is 1.16. The fraction of sp³-hybridized carbons (Fsp3) is 0.692. The molecule has 0 atom stereocenters. The van der Waals surface area contributed by atoms with E-state index in [-0.39, 0.29) is 11.4 Å². The maximum Gasteiger partial charge on any atom is 0.226 e. The van der Waals surface area contributed by atoms with Crippen LogP contribution in [0.15, 0.2) is 10.6 Å². The average molecular weight is 266 g/mol. The molecule has 1 aliphatic heterocycles. The topological polar surface area (TPSA) is 70.4 Å². The van der Waals surface area contributed by atoms with Crippen molar-refractivity contribution in [1.82, 2.24) is 15.4 Å². The SMILES string of the molecule is Cc1cc(NC(=O)CCN2CCNCC2(C)C)no1. The van der Waals surface area contributed by atoms with Crippen LogP contribution in [-0.2, 0) is 4.79 Å². The highest BCUT2D eigenvalue weighted by molar-refractivity contribution is 5.89. The van der Waals surface area contributed by atoms with Crippen molar-refractivity contribution >= 4 is 11.7 Å². The first-order chi connectivity index (χ1) is 8.97. The van der Waals surface area contributed by atoms with Crippen molar-refractivity contribution in [1.29, 1.82) is 0 Å². The number of carbonyl (C=O) groups is 1. The Morgan fingerprint density at radius 1 is 1.63 bits per heavy atom. The van der Waals surface area contributed by atoms with Gasteiger partial charge in [0.05, 0.1) is 0 Å². The van der Waals surface area contributed by atoms with Crippen molar-refractivity contribution in [2.45, 2.75) is 32.7 Å². The van der Waals surface area contributed by atoms with Gasteiger partial charge in [-0.15, -0.1) is 0 Å². The second-order valence-corrected chi connectivity index (χ2v) is 5.60. The quantitative estimate of drug-likeness (QED) is 0.850. The van der Waals surface area contributed by atoms with E-state index < -0.39 is 0 Å². The molecule has 0 spiro atoms. The van der Waals surface area contributed by atoms with Crippen molar-refractivity contribution in [2.75, 3.05) is 31.5 Å². The van der Waals surface area contributed by atoms with Crippen molar-refractivity contribution in [3.8, 4) is 0 Å². The Kier molecular flexibility index (Phi) is 4.21. The lowest BCUT2D eigenvalue weighted by molar-refractivity contribution is -0.116. The number of hydrogen-bond donors (Lipinski definition) is 2. The van der Waals surface area contributed by atoms with E-state index in [9.17, 15) is 4.79 Å². The first kappa shape index (κ1) is 14.0. The van der Waals surface area contributed by atoms with Crippen LogP contribution in [-0.4, -0.2) is 47.7 Å². The molecule has 2 rings (SSSR count). The maximum absolute atomic E-state index is 11.8. The van der Waals surface area contributed by atoms with E-state index in [1.807, 2.05) is 0 Å². The average Bonchev–Trinajstić information content (AvgIpc) is 2.73. The van der Waals surface area contributed by atoms with Crippen molar-refractivity contribution in [3.05, 3.63) is 11.8 Å². The number of nitrogens with one attached hydrogen (secondary N) is 2. The van der Waals surface area contributed by atoms with Crippen LogP contribution in [0.2, 0.25) is 0 Å². The summed E-state index contributed by atoms with van der Waals surface area (Å²) in [6, 6.07) is 1.71. The molecule has 1 aromatic heterocycles. The van der Waals surface area contributed by atoms with Crippen LogP contribution in [0, 0.1) is 6.92 Å². The summed E-state index contributed by atoms with van der Waals surface area (Å²) in [7, 11) is 0. The number of carbonyl (C=O) groups excluding carboxylic acids is 1. The Balaban J connectivity index is 1.80. The van der Waals surface area contributed by atoms with Crippen LogP contribution in [0.5, 0.6) is 0 Å². The predicted molar refractivity (Wildman–Crippen MR) is 73.0 cm³/mol. The highest BCUT2D eigenvalue weighted by Gasteiger charge is 2.29. The van der Waals surface area contributed by atoms with Crippen LogP contribution in [0.25, 0.3) is 0 Å². The molecule has 6 nitrogen and oxygen atoms in total. The smallest absolute Gasteiger partial charge is 0.226 e. The molecule has 2 heterocycles. The molecule has 1 aliphatic rings. The van der Waals surface area contributed by atoms with E-state index in [1.165, 1.54) is 0 Å². The van der Waals surface area contributed by atoms with E-state index in [1.54, 1.807) is 13.0 Å². The van der Waals surface area contributed by atoms with Gasteiger partial charge in [-0.25, -0.2) is 0 Å². The van der Waals surface area contributed by atoms with Crippen molar-refractivity contribution in [3.63, 3.8) is 0 Å². The fourth-order valence-electron chi connectivity index (χ4n) is 2.30. The lowest BCUT2D eigenvalue weighted by Crippen LogP contribution is -2.58. The summed E-state index contributed by atoms with van der Waals surface area (Å²) in [6.45, 7) is 9.85. The third-order valence-electron chi connectivity index (χ3n) is 3.48. The number of rotatable bonds is 4. The summed E-state index contributed by atoms with van der Waals surface area (Å²) in [4.78, 5) is 14.2. The number of amides is 1. The number of nitrogens with zero attached hydrogens (tertiary/aromatic N) is 2. The Morgan fingerprint density at radius 3 is 3.05 bits per heavy atom. The summed E-state index contributed by atoms with van der Waals surface area (Å²) >= 11 is 0. The Bertz CT molecular complexity index is 442. The van der Waals surface area contributed by atoms with Gasteiger partial charge in [0.25, 0.3) is 0 Å². The van der Waals surface area contributed by atoms with Gasteiger partial charge in [-0.1, -0.05) is 5.16 Å². The molecule has 1 fully saturated rings. The number of piperazine rings is 1. The fourth-order valence-corrected chi connectivity index (χ4v) is 2.30. The predicted octanol–water partition coefficient (Wildman–Crippen LogP) is 0.995. The second kappa shape index (κ2) is 5.71. The minimum absolute atomic E-state index is 0.0253. The summed E-state index contributed by atoms with van der Waals surface area (Å²) in [5, 5.41) is 9.86. The highest BCUT2D eigenvalue weighted by atomic mass is 16.5. The summed E-state index contributed by atoms with van der Waals surface area (Å²) in [6.07, 6.45) is 0.468. The van der Waals surface area contributed by atoms with Crippen LogP contribution >= 0.6 is 0 Å². The highest BCUT2D eigenvalue weighted by Crippen LogP contribution is 2.16. The molecule has 6 heteroatoms. The summed E-state index contributed by atoms with van der Waals surface area (Å²) in [5.41, 5.74) is 0.100. The molecule has 1 amide bonds. The number of aromatic nitrogens is 1. The van der Waals surface area contributed by atoms with E-state index in [0.717, 1.165) is 26.2 Å². The minimum Gasteiger partial charge on any atom is -0.360 e. The number of hydrogen-bond acceptors (Lipinski definition) is 5. The monoisotopic (exact) mass is 266 g/mol. The Morgan fingerprint density at radius 2 is 2.42 bits per heavy atom. The molecule has 106 valence electrons. The zero-order valence-electron chi connectivity index (χ0n) is 11.8. The third-order valence-corrected chi connectivity index (χ3v) is 3.48. The van der Waals surface area contributed by atoms with Crippen LogP contribution in [0.4, 0.5) is 5.82 Å². The standard InChI is InChI=1S/C13H22N4O2/c1-10-8-11(16-19-10)15-12(18)4-6-17-7-5-14-9-13(17,2)3/h8,14H,4-7,9H2,1-3H3,(H,15,16,18). The van der Waals surface area contributed by atoms with Gasteiger partial charge in [-0.2, -0.15) is 0 Å². The van der Waals surface area contributed by atoms with Gasteiger partial charge in [0, 0.05) is 44.2 Å². The molecule has 2 N–H and O–H groups in total. The van der Waals surface area contributed by atoms with E-state index in [4.69, 9.17) is 4.52 Å². The molecule has 1 aromatic rings. The van der Waals surface area contributed by atoms with Crippen LogP contribution in [0.1, 0.15) is 26.0 Å². The van der Waals surface area contributed by atoms with Crippen LogP contribution in [0.3, 0.4) is 0 Å². The number of aryl methyl sites for hydroxylation is 1. The second-order valence-electron chi connectivity index (χ2n) is 5.60. The van der Waals surface area contributed by atoms with Crippen molar-refractivity contribution in [2.24, 2.45) is 0 Å². The van der Waals surface area contributed by atoms with Crippen LogP contribution < -0.4 is 10.6 Å². The lowest BCUT2D eigenvalue weighted by atomic mass is 10.00. The Hall–Kier alpha value is -1.40. The normalized spacial score (nSPS) is 19.3. The molecule has 1 saturated heterocycles. The molecular formula is C13H22N4O2. The zero-order chi connectivity index (χ0) is 13.9. The molecule has 0 unspecified atom stereocenters. The third kappa shape index (κ3) is 3.78. The van der Waals surface area contributed by atoms with Gasteiger partial charge in [-0.3, -0.25) is 9.69 Å². The Labute approximate surface area is 113 Å². The van der Waals surface area contributed by atoms with Gasteiger partial charge in [0.15, 0.2) is 5.82 Å². The van der Waals surface area contributed by atoms with Gasteiger partial charge < -0.3 is 15.2 Å². The molecule has 0 bridgehead atoms. The van der Waals surface area contributed by atoms with E-state index in [0.29, 0.717) is 18.0 Å². The zero-order valence-corrected chi connectivity index (χ0v) is 11.8. The molecule has 0 saturated carbocycles. The first-order valence-electron chi connectivity index (χ1n) is 6.66. The van der Waals surface area contributed by atoms with Gasteiger partial charge >= 0.3 is 0 Å². The largest absolute Gasteiger partial charge is 0.360 e.